The molecule has 2 aromatic carbocycles. The van der Waals surface area contributed by atoms with E-state index >= 15 is 0 Å². The van der Waals surface area contributed by atoms with Crippen LogP contribution in [0, 0.1) is 17.0 Å². The molecule has 0 bridgehead atoms. The van der Waals surface area contributed by atoms with Gasteiger partial charge in [0.15, 0.2) is 0 Å². The maximum absolute atomic E-state index is 11.3. The first-order chi connectivity index (χ1) is 12.6. The van der Waals surface area contributed by atoms with Gasteiger partial charge in [-0.3, -0.25) is 15.0 Å². The Labute approximate surface area is 152 Å². The molecule has 0 atom stereocenters. The number of fused-ring (bicyclic) bond motifs is 1. The van der Waals surface area contributed by atoms with Gasteiger partial charge in [0.25, 0.3) is 5.69 Å². The minimum Gasteiger partial charge on any atom is -0.363 e. The first-order valence-electron chi connectivity index (χ1n) is 8.89. The van der Waals surface area contributed by atoms with Crippen LogP contribution in [0.25, 0.3) is 10.9 Å². The average Bonchev–Trinajstić information content (AvgIpc) is 3.04. The van der Waals surface area contributed by atoms with Crippen molar-refractivity contribution in [3.05, 3.63) is 69.9 Å². The third-order valence-corrected chi connectivity index (χ3v) is 5.11. The number of nitro benzene ring substituents is 1. The van der Waals surface area contributed by atoms with Crippen LogP contribution in [0.1, 0.15) is 11.1 Å². The van der Waals surface area contributed by atoms with Gasteiger partial charge in [-0.05, 0) is 30.2 Å². The molecule has 1 aliphatic rings. The smallest absolute Gasteiger partial charge is 0.292 e. The van der Waals surface area contributed by atoms with E-state index in [9.17, 15) is 10.1 Å². The van der Waals surface area contributed by atoms with Crippen LogP contribution in [0.5, 0.6) is 0 Å². The van der Waals surface area contributed by atoms with Crippen LogP contribution in [-0.2, 0) is 6.54 Å². The SMILES string of the molecule is Cc1ccc2c(CN3CCN(c4ccccc4[N+](=O)[O-])CC3)c[nH]c2c1. The summed E-state index contributed by atoms with van der Waals surface area (Å²) in [7, 11) is 0. The van der Waals surface area contributed by atoms with E-state index in [0.29, 0.717) is 0 Å². The molecule has 1 fully saturated rings. The molecule has 4 rings (SSSR count). The molecule has 6 heteroatoms. The highest BCUT2D eigenvalue weighted by molar-refractivity contribution is 5.83. The summed E-state index contributed by atoms with van der Waals surface area (Å²) in [6.07, 6.45) is 2.10. The number of para-hydroxylation sites is 2. The highest BCUT2D eigenvalue weighted by Gasteiger charge is 2.23. The van der Waals surface area contributed by atoms with Crippen LogP contribution >= 0.6 is 0 Å². The van der Waals surface area contributed by atoms with Crippen molar-refractivity contribution in [3.8, 4) is 0 Å². The molecule has 1 aromatic heterocycles. The number of aromatic nitrogens is 1. The molecule has 0 radical (unpaired) electrons. The summed E-state index contributed by atoms with van der Waals surface area (Å²) >= 11 is 0. The van der Waals surface area contributed by atoms with E-state index in [1.54, 1.807) is 12.1 Å². The second-order valence-corrected chi connectivity index (χ2v) is 6.87. The summed E-state index contributed by atoms with van der Waals surface area (Å²) in [5.41, 5.74) is 4.65. The molecule has 3 aromatic rings. The maximum atomic E-state index is 11.3. The third-order valence-electron chi connectivity index (χ3n) is 5.11. The Balaban J connectivity index is 1.45. The van der Waals surface area contributed by atoms with Gasteiger partial charge in [0.1, 0.15) is 5.69 Å². The Morgan fingerprint density at radius 1 is 1.12 bits per heavy atom. The second kappa shape index (κ2) is 6.80. The van der Waals surface area contributed by atoms with Crippen molar-refractivity contribution in [2.24, 2.45) is 0 Å². The lowest BCUT2D eigenvalue weighted by Gasteiger charge is -2.35. The number of benzene rings is 2. The van der Waals surface area contributed by atoms with Gasteiger partial charge in [0.2, 0.25) is 0 Å². The number of anilines is 1. The van der Waals surface area contributed by atoms with Crippen molar-refractivity contribution >= 4 is 22.3 Å². The van der Waals surface area contributed by atoms with Crippen molar-refractivity contribution in [1.82, 2.24) is 9.88 Å². The number of rotatable bonds is 4. The Hall–Kier alpha value is -2.86. The Morgan fingerprint density at radius 2 is 1.88 bits per heavy atom. The summed E-state index contributed by atoms with van der Waals surface area (Å²) < 4.78 is 0. The highest BCUT2D eigenvalue weighted by Crippen LogP contribution is 2.29. The van der Waals surface area contributed by atoms with E-state index in [1.807, 2.05) is 12.1 Å². The fourth-order valence-corrected chi connectivity index (χ4v) is 3.70. The van der Waals surface area contributed by atoms with Crippen LogP contribution in [0.4, 0.5) is 11.4 Å². The number of hydrogen-bond donors (Lipinski definition) is 1. The number of H-pyrrole nitrogens is 1. The molecular formula is C20H22N4O2. The molecule has 26 heavy (non-hydrogen) atoms. The molecule has 0 amide bonds. The fourth-order valence-electron chi connectivity index (χ4n) is 3.70. The van der Waals surface area contributed by atoms with Gasteiger partial charge in [-0.15, -0.1) is 0 Å². The quantitative estimate of drug-likeness (QED) is 0.575. The van der Waals surface area contributed by atoms with Gasteiger partial charge in [0.05, 0.1) is 4.92 Å². The molecule has 1 N–H and O–H groups in total. The maximum Gasteiger partial charge on any atom is 0.292 e. The standard InChI is InChI=1S/C20H22N4O2/c1-15-6-7-17-16(13-21-18(17)12-15)14-22-8-10-23(11-9-22)19-4-2-3-5-20(19)24(25)26/h2-7,12-13,21H,8-11,14H2,1H3. The van der Waals surface area contributed by atoms with E-state index < -0.39 is 0 Å². The normalized spacial score (nSPS) is 15.5. The Kier molecular flexibility index (Phi) is 4.34. The van der Waals surface area contributed by atoms with E-state index in [-0.39, 0.29) is 10.6 Å². The lowest BCUT2D eigenvalue weighted by Crippen LogP contribution is -2.46. The average molecular weight is 350 g/mol. The molecule has 0 aliphatic carbocycles. The number of nitrogens with zero attached hydrogens (tertiary/aromatic N) is 3. The van der Waals surface area contributed by atoms with Crippen molar-refractivity contribution in [3.63, 3.8) is 0 Å². The van der Waals surface area contributed by atoms with Crippen molar-refractivity contribution in [2.45, 2.75) is 13.5 Å². The van der Waals surface area contributed by atoms with E-state index in [0.717, 1.165) is 38.4 Å². The predicted molar refractivity (Wildman–Crippen MR) is 104 cm³/mol. The van der Waals surface area contributed by atoms with Gasteiger partial charge in [-0.2, -0.15) is 0 Å². The van der Waals surface area contributed by atoms with Crippen LogP contribution < -0.4 is 4.90 Å². The third kappa shape index (κ3) is 3.15. The van der Waals surface area contributed by atoms with Crippen LogP contribution in [0.3, 0.4) is 0 Å². The molecule has 1 aliphatic heterocycles. The summed E-state index contributed by atoms with van der Waals surface area (Å²) in [4.78, 5) is 18.8. The number of nitrogens with one attached hydrogen (secondary N) is 1. The summed E-state index contributed by atoms with van der Waals surface area (Å²) in [6.45, 7) is 6.38. The Bertz CT molecular complexity index is 942. The molecule has 1 saturated heterocycles. The van der Waals surface area contributed by atoms with E-state index in [4.69, 9.17) is 0 Å². The molecule has 0 saturated carbocycles. The van der Waals surface area contributed by atoms with Crippen molar-refractivity contribution < 1.29 is 4.92 Å². The zero-order chi connectivity index (χ0) is 18.1. The number of aromatic amines is 1. The zero-order valence-corrected chi connectivity index (χ0v) is 14.8. The fraction of sp³-hybridized carbons (Fsp3) is 0.300. The van der Waals surface area contributed by atoms with Crippen molar-refractivity contribution in [1.29, 1.82) is 0 Å². The summed E-state index contributed by atoms with van der Waals surface area (Å²) in [5, 5.41) is 12.5. The largest absolute Gasteiger partial charge is 0.363 e. The zero-order valence-electron chi connectivity index (χ0n) is 14.8. The van der Waals surface area contributed by atoms with Gasteiger partial charge in [0, 0.05) is 55.9 Å². The number of nitro groups is 1. The topological polar surface area (TPSA) is 65.4 Å². The van der Waals surface area contributed by atoms with E-state index in [2.05, 4.69) is 46.1 Å². The summed E-state index contributed by atoms with van der Waals surface area (Å²) in [5.74, 6) is 0. The second-order valence-electron chi connectivity index (χ2n) is 6.87. The highest BCUT2D eigenvalue weighted by atomic mass is 16.6. The van der Waals surface area contributed by atoms with Gasteiger partial charge < -0.3 is 9.88 Å². The minimum absolute atomic E-state index is 0.188. The molecule has 0 spiro atoms. The first-order valence-corrected chi connectivity index (χ1v) is 8.89. The van der Waals surface area contributed by atoms with Crippen LogP contribution in [-0.4, -0.2) is 41.0 Å². The van der Waals surface area contributed by atoms with Crippen LogP contribution in [0.2, 0.25) is 0 Å². The summed E-state index contributed by atoms with van der Waals surface area (Å²) in [6, 6.07) is 13.5. The number of hydrogen-bond acceptors (Lipinski definition) is 4. The van der Waals surface area contributed by atoms with Crippen molar-refractivity contribution in [2.75, 3.05) is 31.1 Å². The van der Waals surface area contributed by atoms with E-state index in [1.165, 1.54) is 22.0 Å². The lowest BCUT2D eigenvalue weighted by atomic mass is 10.1. The molecule has 2 heterocycles. The lowest BCUT2D eigenvalue weighted by molar-refractivity contribution is -0.384. The van der Waals surface area contributed by atoms with Gasteiger partial charge in [-0.1, -0.05) is 24.3 Å². The minimum atomic E-state index is -0.296. The monoisotopic (exact) mass is 350 g/mol. The van der Waals surface area contributed by atoms with Crippen LogP contribution in [0.15, 0.2) is 48.7 Å². The first kappa shape index (κ1) is 16.6. The molecular weight excluding hydrogens is 328 g/mol. The predicted octanol–water partition coefficient (Wildman–Crippen LogP) is 3.71. The molecule has 134 valence electrons. The number of aryl methyl sites for hydroxylation is 1. The Morgan fingerprint density at radius 3 is 2.65 bits per heavy atom. The van der Waals surface area contributed by atoms with Gasteiger partial charge in [-0.25, -0.2) is 0 Å². The van der Waals surface area contributed by atoms with Gasteiger partial charge >= 0.3 is 0 Å². The number of piperazine rings is 1. The molecule has 0 unspecified atom stereocenters. The molecule has 6 nitrogen and oxygen atoms in total.